The van der Waals surface area contributed by atoms with Gasteiger partial charge in [0.15, 0.2) is 0 Å². The summed E-state index contributed by atoms with van der Waals surface area (Å²) in [6.45, 7) is 2.86. The number of carbonyl (C=O) groups is 1. The molecule has 2 N–H and O–H groups in total. The van der Waals surface area contributed by atoms with Gasteiger partial charge in [-0.1, -0.05) is 0 Å². The first kappa shape index (κ1) is 10.5. The molecule has 0 amide bonds. The quantitative estimate of drug-likeness (QED) is 0.631. The smallest absolute Gasteiger partial charge is 0.320 e. The summed E-state index contributed by atoms with van der Waals surface area (Å²) in [5, 5.41) is 11.2. The predicted molar refractivity (Wildman–Crippen MR) is 48.7 cm³/mol. The average Bonchev–Trinajstić information content (AvgIpc) is 2.82. The number of carboxylic acid groups (broad SMARTS) is 1. The molecule has 0 aromatic rings. The third-order valence-corrected chi connectivity index (χ3v) is 2.19. The zero-order chi connectivity index (χ0) is 9.52. The third-order valence-electron chi connectivity index (χ3n) is 2.19. The van der Waals surface area contributed by atoms with Crippen molar-refractivity contribution < 1.29 is 14.6 Å². The van der Waals surface area contributed by atoms with Gasteiger partial charge in [0, 0.05) is 13.2 Å². The minimum atomic E-state index is -0.720. The summed E-state index contributed by atoms with van der Waals surface area (Å²) in [5.74, 6) is -0.720. The minimum absolute atomic E-state index is 0.269. The average molecular weight is 187 g/mol. The van der Waals surface area contributed by atoms with E-state index in [1.807, 2.05) is 0 Å². The van der Waals surface area contributed by atoms with Gasteiger partial charge in [-0.15, -0.1) is 0 Å². The Bertz CT molecular complexity index is 143. The van der Waals surface area contributed by atoms with Gasteiger partial charge in [0.05, 0.1) is 0 Å². The van der Waals surface area contributed by atoms with E-state index in [0.29, 0.717) is 0 Å². The number of ether oxygens (including phenoxy) is 1. The molecule has 0 radical (unpaired) electrons. The van der Waals surface area contributed by atoms with Crippen LogP contribution in [-0.2, 0) is 9.53 Å². The Labute approximate surface area is 78.3 Å². The van der Waals surface area contributed by atoms with E-state index in [0.717, 1.165) is 32.6 Å². The molecule has 0 spiro atoms. The zero-order valence-electron chi connectivity index (χ0n) is 7.79. The summed E-state index contributed by atoms with van der Waals surface area (Å²) < 4.78 is 4.94. The van der Waals surface area contributed by atoms with Crippen LogP contribution < -0.4 is 5.32 Å². The molecular weight excluding hydrogens is 170 g/mol. The van der Waals surface area contributed by atoms with Crippen molar-refractivity contribution in [2.24, 2.45) is 0 Å². The van der Waals surface area contributed by atoms with Crippen molar-refractivity contribution in [2.45, 2.75) is 31.7 Å². The lowest BCUT2D eigenvalue weighted by Gasteiger charge is -1.99. The van der Waals surface area contributed by atoms with Crippen LogP contribution in [-0.4, -0.2) is 36.9 Å². The van der Waals surface area contributed by atoms with Crippen molar-refractivity contribution in [2.75, 3.05) is 19.8 Å². The van der Waals surface area contributed by atoms with Crippen LogP contribution in [0.4, 0.5) is 0 Å². The molecule has 2 saturated heterocycles. The Morgan fingerprint density at radius 3 is 2.23 bits per heavy atom. The van der Waals surface area contributed by atoms with E-state index < -0.39 is 5.97 Å². The lowest BCUT2D eigenvalue weighted by Crippen LogP contribution is -2.29. The van der Waals surface area contributed by atoms with Gasteiger partial charge in [-0.05, 0) is 32.2 Å². The molecule has 4 nitrogen and oxygen atoms in total. The second-order valence-electron chi connectivity index (χ2n) is 3.31. The van der Waals surface area contributed by atoms with Crippen molar-refractivity contribution in [1.29, 1.82) is 0 Å². The molecule has 2 aliphatic heterocycles. The molecule has 0 aliphatic carbocycles. The first-order valence-corrected chi connectivity index (χ1v) is 4.84. The summed E-state index contributed by atoms with van der Waals surface area (Å²) >= 11 is 0. The maximum absolute atomic E-state index is 10.1. The molecule has 4 heteroatoms. The van der Waals surface area contributed by atoms with Gasteiger partial charge < -0.3 is 15.2 Å². The summed E-state index contributed by atoms with van der Waals surface area (Å²) in [4.78, 5) is 10.1. The number of rotatable bonds is 1. The van der Waals surface area contributed by atoms with E-state index in [-0.39, 0.29) is 6.04 Å². The number of carboxylic acids is 1. The number of aliphatic carboxylic acids is 1. The Kier molecular flexibility index (Phi) is 4.78. The van der Waals surface area contributed by atoms with E-state index in [9.17, 15) is 4.79 Å². The monoisotopic (exact) mass is 187 g/mol. The lowest BCUT2D eigenvalue weighted by molar-refractivity contribution is -0.139. The second kappa shape index (κ2) is 5.94. The van der Waals surface area contributed by atoms with Gasteiger partial charge in [0.25, 0.3) is 0 Å². The van der Waals surface area contributed by atoms with Crippen LogP contribution in [0.1, 0.15) is 25.7 Å². The van der Waals surface area contributed by atoms with Crippen molar-refractivity contribution in [3.05, 3.63) is 0 Å². The lowest BCUT2D eigenvalue weighted by atomic mass is 10.2. The molecule has 2 fully saturated rings. The Morgan fingerprint density at radius 2 is 2.00 bits per heavy atom. The highest BCUT2D eigenvalue weighted by atomic mass is 16.5. The molecular formula is C9H17NO3. The third kappa shape index (κ3) is 4.24. The topological polar surface area (TPSA) is 58.6 Å². The fourth-order valence-electron chi connectivity index (χ4n) is 1.41. The van der Waals surface area contributed by atoms with E-state index >= 15 is 0 Å². The number of nitrogens with one attached hydrogen (secondary N) is 1. The molecule has 2 aliphatic rings. The normalized spacial score (nSPS) is 26.6. The molecule has 0 unspecified atom stereocenters. The molecule has 0 bridgehead atoms. The van der Waals surface area contributed by atoms with Crippen LogP contribution in [0.25, 0.3) is 0 Å². The van der Waals surface area contributed by atoms with Crippen LogP contribution in [0, 0.1) is 0 Å². The molecule has 76 valence electrons. The molecule has 2 rings (SSSR count). The molecule has 0 saturated carbocycles. The fourth-order valence-corrected chi connectivity index (χ4v) is 1.41. The SMILES string of the molecule is C1CCOC1.O=C(O)[C@@H]1CCCN1. The van der Waals surface area contributed by atoms with E-state index in [2.05, 4.69) is 5.32 Å². The number of hydrogen-bond acceptors (Lipinski definition) is 3. The molecule has 1 atom stereocenters. The maximum Gasteiger partial charge on any atom is 0.320 e. The zero-order valence-corrected chi connectivity index (χ0v) is 7.79. The predicted octanol–water partition coefficient (Wildman–Crippen LogP) is 0.620. The second-order valence-corrected chi connectivity index (χ2v) is 3.31. The molecule has 13 heavy (non-hydrogen) atoms. The van der Waals surface area contributed by atoms with Crippen molar-refractivity contribution >= 4 is 5.97 Å². The van der Waals surface area contributed by atoms with Crippen LogP contribution in [0.3, 0.4) is 0 Å². The van der Waals surface area contributed by atoms with E-state index in [1.54, 1.807) is 0 Å². The summed E-state index contributed by atoms with van der Waals surface area (Å²) in [7, 11) is 0. The molecule has 0 aromatic heterocycles. The highest BCUT2D eigenvalue weighted by Crippen LogP contribution is 2.03. The van der Waals surface area contributed by atoms with E-state index in [1.165, 1.54) is 12.8 Å². The Hall–Kier alpha value is -0.610. The van der Waals surface area contributed by atoms with Crippen LogP contribution in [0.5, 0.6) is 0 Å². The Morgan fingerprint density at radius 1 is 1.31 bits per heavy atom. The molecule has 0 aromatic carbocycles. The standard InChI is InChI=1S/C5H9NO2.C4H8O/c7-5(8)4-2-1-3-6-4;1-2-4-5-3-1/h4,6H,1-3H2,(H,7,8);1-4H2/t4-;/m0./s1. The summed E-state index contributed by atoms with van der Waals surface area (Å²) in [6, 6.07) is -0.269. The Balaban J connectivity index is 0.000000145. The van der Waals surface area contributed by atoms with Crippen LogP contribution >= 0.6 is 0 Å². The van der Waals surface area contributed by atoms with Gasteiger partial charge in [-0.2, -0.15) is 0 Å². The van der Waals surface area contributed by atoms with E-state index in [4.69, 9.17) is 9.84 Å². The minimum Gasteiger partial charge on any atom is -0.480 e. The van der Waals surface area contributed by atoms with Crippen molar-refractivity contribution in [1.82, 2.24) is 5.32 Å². The van der Waals surface area contributed by atoms with Gasteiger partial charge in [0.2, 0.25) is 0 Å². The first-order valence-electron chi connectivity index (χ1n) is 4.84. The maximum atomic E-state index is 10.1. The van der Waals surface area contributed by atoms with Gasteiger partial charge in [-0.3, -0.25) is 4.79 Å². The highest BCUT2D eigenvalue weighted by Gasteiger charge is 2.20. The van der Waals surface area contributed by atoms with Gasteiger partial charge in [-0.25, -0.2) is 0 Å². The summed E-state index contributed by atoms with van der Waals surface area (Å²) in [5.41, 5.74) is 0. The molecule has 2 heterocycles. The van der Waals surface area contributed by atoms with Crippen molar-refractivity contribution in [3.8, 4) is 0 Å². The van der Waals surface area contributed by atoms with Gasteiger partial charge >= 0.3 is 5.97 Å². The van der Waals surface area contributed by atoms with Gasteiger partial charge in [0.1, 0.15) is 6.04 Å². The van der Waals surface area contributed by atoms with Crippen LogP contribution in [0.2, 0.25) is 0 Å². The summed E-state index contributed by atoms with van der Waals surface area (Å²) in [6.07, 6.45) is 4.34. The number of hydrogen-bond donors (Lipinski definition) is 2. The van der Waals surface area contributed by atoms with Crippen molar-refractivity contribution in [3.63, 3.8) is 0 Å². The first-order chi connectivity index (χ1) is 6.30. The van der Waals surface area contributed by atoms with Crippen LogP contribution in [0.15, 0.2) is 0 Å². The highest BCUT2D eigenvalue weighted by molar-refractivity contribution is 5.73. The largest absolute Gasteiger partial charge is 0.480 e. The fraction of sp³-hybridized carbons (Fsp3) is 0.889.